The summed E-state index contributed by atoms with van der Waals surface area (Å²) in [4.78, 5) is 38.5. The SMILES string of the molecule is N#Cc1ccccc1-c1ccc(/C=C2/SC(=O)N(CC(=O)c3ccc(Cl)cc3)C2=O)o1. The standard InChI is InChI=1S/C23H13ClN2O4S/c24-16-7-5-14(6-8-16)19(27)13-26-22(28)21(31-23(26)29)11-17-9-10-20(30-17)18-4-2-1-3-15(18)12-25/h1-11H,13H2/b21-11+. The molecular formula is C23H13ClN2O4S. The molecule has 0 bridgehead atoms. The summed E-state index contributed by atoms with van der Waals surface area (Å²) in [5.74, 6) is -0.0980. The van der Waals surface area contributed by atoms with Crippen molar-refractivity contribution < 1.29 is 18.8 Å². The maximum Gasteiger partial charge on any atom is 0.293 e. The Morgan fingerprint density at radius 3 is 2.58 bits per heavy atom. The molecule has 152 valence electrons. The van der Waals surface area contributed by atoms with E-state index in [2.05, 4.69) is 6.07 Å². The number of halogens is 1. The van der Waals surface area contributed by atoms with Gasteiger partial charge in [0.05, 0.1) is 23.1 Å². The Hall–Kier alpha value is -3.60. The van der Waals surface area contributed by atoms with Gasteiger partial charge in [0.25, 0.3) is 11.1 Å². The quantitative estimate of drug-likeness (QED) is 0.384. The number of nitriles is 1. The van der Waals surface area contributed by atoms with Gasteiger partial charge < -0.3 is 4.42 Å². The van der Waals surface area contributed by atoms with E-state index >= 15 is 0 Å². The Balaban J connectivity index is 1.52. The Bertz CT molecular complexity index is 1270. The number of Topliss-reactive ketones (excluding diaryl/α,β-unsaturated/α-hetero) is 1. The monoisotopic (exact) mass is 448 g/mol. The number of furan rings is 1. The molecule has 0 aliphatic carbocycles. The zero-order valence-corrected chi connectivity index (χ0v) is 17.4. The maximum atomic E-state index is 12.7. The highest BCUT2D eigenvalue weighted by Gasteiger charge is 2.36. The Kier molecular flexibility index (Phi) is 5.76. The van der Waals surface area contributed by atoms with Crippen LogP contribution in [0.3, 0.4) is 0 Å². The van der Waals surface area contributed by atoms with Crippen molar-refractivity contribution in [3.63, 3.8) is 0 Å². The van der Waals surface area contributed by atoms with Crippen molar-refractivity contribution in [2.45, 2.75) is 0 Å². The first kappa shape index (κ1) is 20.7. The van der Waals surface area contributed by atoms with E-state index in [0.717, 1.165) is 16.7 Å². The highest BCUT2D eigenvalue weighted by Crippen LogP contribution is 2.34. The highest BCUT2D eigenvalue weighted by molar-refractivity contribution is 8.18. The zero-order chi connectivity index (χ0) is 22.0. The lowest BCUT2D eigenvalue weighted by atomic mass is 10.1. The van der Waals surface area contributed by atoms with Crippen LogP contribution in [0.5, 0.6) is 0 Å². The summed E-state index contributed by atoms with van der Waals surface area (Å²) in [5, 5.41) is 9.21. The number of nitrogens with zero attached hydrogens (tertiary/aromatic N) is 2. The van der Waals surface area contributed by atoms with E-state index in [1.807, 2.05) is 0 Å². The lowest BCUT2D eigenvalue weighted by Gasteiger charge is -2.11. The number of hydrogen-bond donors (Lipinski definition) is 0. The molecule has 0 unspecified atom stereocenters. The molecule has 0 saturated carbocycles. The van der Waals surface area contributed by atoms with Crippen LogP contribution in [-0.2, 0) is 4.79 Å². The molecule has 31 heavy (non-hydrogen) atoms. The van der Waals surface area contributed by atoms with Gasteiger partial charge in [0.1, 0.15) is 11.5 Å². The van der Waals surface area contributed by atoms with Crippen molar-refractivity contribution in [1.29, 1.82) is 5.26 Å². The lowest BCUT2D eigenvalue weighted by Crippen LogP contribution is -2.33. The first-order chi connectivity index (χ1) is 15.0. The predicted molar refractivity (Wildman–Crippen MR) is 117 cm³/mol. The first-order valence-electron chi connectivity index (χ1n) is 9.10. The number of benzene rings is 2. The normalized spacial score (nSPS) is 14.8. The third-order valence-corrected chi connectivity index (χ3v) is 5.71. The van der Waals surface area contributed by atoms with Gasteiger partial charge in [-0.2, -0.15) is 5.26 Å². The van der Waals surface area contributed by atoms with Gasteiger partial charge in [0.2, 0.25) is 0 Å². The molecule has 0 spiro atoms. The minimum atomic E-state index is -0.562. The van der Waals surface area contributed by atoms with Gasteiger partial charge in [-0.3, -0.25) is 19.3 Å². The van der Waals surface area contributed by atoms with Gasteiger partial charge in [-0.25, -0.2) is 0 Å². The van der Waals surface area contributed by atoms with Gasteiger partial charge in [0, 0.05) is 22.2 Å². The van der Waals surface area contributed by atoms with Gasteiger partial charge in [-0.05, 0) is 60.3 Å². The fraction of sp³-hybridized carbons (Fsp3) is 0.0435. The summed E-state index contributed by atoms with van der Waals surface area (Å²) in [6.45, 7) is -0.359. The molecule has 2 heterocycles. The minimum absolute atomic E-state index is 0.156. The van der Waals surface area contributed by atoms with Crippen molar-refractivity contribution in [2.75, 3.05) is 6.54 Å². The van der Waals surface area contributed by atoms with E-state index in [1.54, 1.807) is 60.7 Å². The largest absolute Gasteiger partial charge is 0.457 e. The van der Waals surface area contributed by atoms with E-state index in [9.17, 15) is 19.6 Å². The Morgan fingerprint density at radius 2 is 1.84 bits per heavy atom. The number of rotatable bonds is 5. The van der Waals surface area contributed by atoms with Gasteiger partial charge in [-0.15, -0.1) is 0 Å². The predicted octanol–water partition coefficient (Wildman–Crippen LogP) is 5.39. The summed E-state index contributed by atoms with van der Waals surface area (Å²) < 4.78 is 5.75. The zero-order valence-electron chi connectivity index (χ0n) is 15.9. The summed E-state index contributed by atoms with van der Waals surface area (Å²) in [5.41, 5.74) is 1.45. The van der Waals surface area contributed by atoms with Gasteiger partial charge in [0.15, 0.2) is 5.78 Å². The second kappa shape index (κ2) is 8.64. The summed E-state index contributed by atoms with van der Waals surface area (Å²) in [6.07, 6.45) is 1.45. The van der Waals surface area contributed by atoms with Crippen LogP contribution in [0.15, 0.2) is 70.0 Å². The van der Waals surface area contributed by atoms with Crippen molar-refractivity contribution in [3.05, 3.63) is 87.5 Å². The fourth-order valence-electron chi connectivity index (χ4n) is 3.01. The molecule has 1 aliphatic rings. The van der Waals surface area contributed by atoms with Crippen LogP contribution < -0.4 is 0 Å². The molecular weight excluding hydrogens is 436 g/mol. The number of thioether (sulfide) groups is 1. The molecule has 8 heteroatoms. The van der Waals surface area contributed by atoms with Crippen molar-refractivity contribution in [3.8, 4) is 17.4 Å². The molecule has 1 aromatic heterocycles. The van der Waals surface area contributed by atoms with Crippen LogP contribution in [-0.4, -0.2) is 28.4 Å². The van der Waals surface area contributed by atoms with Crippen LogP contribution in [0.25, 0.3) is 17.4 Å². The van der Waals surface area contributed by atoms with E-state index < -0.39 is 11.1 Å². The maximum absolute atomic E-state index is 12.7. The molecule has 4 rings (SSSR count). The van der Waals surface area contributed by atoms with Crippen molar-refractivity contribution in [2.24, 2.45) is 0 Å². The number of amides is 2. The third-order valence-electron chi connectivity index (χ3n) is 4.55. The molecule has 1 fully saturated rings. The summed E-state index contributed by atoms with van der Waals surface area (Å²) in [7, 11) is 0. The summed E-state index contributed by atoms with van der Waals surface area (Å²) in [6, 6.07) is 18.7. The van der Waals surface area contributed by atoms with Crippen LogP contribution in [0.4, 0.5) is 4.79 Å². The number of imide groups is 1. The first-order valence-corrected chi connectivity index (χ1v) is 10.3. The molecule has 1 aliphatic heterocycles. The van der Waals surface area contributed by atoms with E-state index in [4.69, 9.17) is 16.0 Å². The number of hydrogen-bond acceptors (Lipinski definition) is 6. The molecule has 2 amide bonds. The molecule has 0 atom stereocenters. The van der Waals surface area contributed by atoms with E-state index in [0.29, 0.717) is 33.2 Å². The van der Waals surface area contributed by atoms with Crippen molar-refractivity contribution in [1.82, 2.24) is 4.90 Å². The Morgan fingerprint density at radius 1 is 1.10 bits per heavy atom. The topological polar surface area (TPSA) is 91.4 Å². The lowest BCUT2D eigenvalue weighted by molar-refractivity contribution is -0.122. The Labute approximate surface area is 186 Å². The number of carbonyl (C=O) groups excluding carboxylic acids is 3. The van der Waals surface area contributed by atoms with Crippen LogP contribution >= 0.6 is 23.4 Å². The third kappa shape index (κ3) is 4.31. The van der Waals surface area contributed by atoms with Crippen LogP contribution in [0.2, 0.25) is 5.02 Å². The second-order valence-corrected chi connectivity index (χ2v) is 7.99. The van der Waals surface area contributed by atoms with Gasteiger partial charge in [-0.1, -0.05) is 23.7 Å². The summed E-state index contributed by atoms with van der Waals surface area (Å²) >= 11 is 6.56. The smallest absolute Gasteiger partial charge is 0.293 e. The minimum Gasteiger partial charge on any atom is -0.457 e. The average molecular weight is 449 g/mol. The van der Waals surface area contributed by atoms with E-state index in [-0.39, 0.29) is 17.2 Å². The second-order valence-electron chi connectivity index (χ2n) is 6.56. The molecule has 0 N–H and O–H groups in total. The molecule has 3 aromatic rings. The number of carbonyl (C=O) groups is 3. The molecule has 1 saturated heterocycles. The van der Waals surface area contributed by atoms with Gasteiger partial charge >= 0.3 is 0 Å². The highest BCUT2D eigenvalue weighted by atomic mass is 35.5. The van der Waals surface area contributed by atoms with Crippen molar-refractivity contribution >= 4 is 46.4 Å². The average Bonchev–Trinajstić information content (AvgIpc) is 3.34. The van der Waals surface area contributed by atoms with E-state index in [1.165, 1.54) is 6.08 Å². The molecule has 2 aromatic carbocycles. The molecule has 0 radical (unpaired) electrons. The fourth-order valence-corrected chi connectivity index (χ4v) is 3.95. The van der Waals surface area contributed by atoms with Crippen LogP contribution in [0, 0.1) is 11.3 Å². The van der Waals surface area contributed by atoms with Crippen LogP contribution in [0.1, 0.15) is 21.7 Å². The molecule has 6 nitrogen and oxygen atoms in total. The number of ketones is 1.